The Hall–Kier alpha value is -2.65. The average molecular weight is 449 g/mol. The third-order valence-electron chi connectivity index (χ3n) is 6.65. The quantitative estimate of drug-likeness (QED) is 0.711. The lowest BCUT2D eigenvalue weighted by atomic mass is 9.88. The van der Waals surface area contributed by atoms with Crippen LogP contribution in [-0.2, 0) is 11.3 Å². The standard InChI is InChI=1S/C23H26F3N3O3/c1-14(15-6-3-2-4-7-15)27-22(32)21-17(13-30)16-12-29-18(8-5-9-19(29)31)20(16)28(21)11-10-23(24,25)26/h2-9,14,16-17,20-21,30H,10-13H2,1H3,(H,27,32)/t14-,16+,17+,20-,21+/m0/s1. The highest BCUT2D eigenvalue weighted by molar-refractivity contribution is 5.83. The molecule has 2 aromatic rings. The van der Waals surface area contributed by atoms with Crippen LogP contribution >= 0.6 is 0 Å². The summed E-state index contributed by atoms with van der Waals surface area (Å²) in [5.74, 6) is -1.33. The molecule has 1 saturated heterocycles. The van der Waals surface area contributed by atoms with E-state index >= 15 is 0 Å². The van der Waals surface area contributed by atoms with Gasteiger partial charge in [-0.25, -0.2) is 0 Å². The van der Waals surface area contributed by atoms with Crippen molar-refractivity contribution in [2.45, 2.75) is 44.2 Å². The molecule has 1 aromatic carbocycles. The highest BCUT2D eigenvalue weighted by atomic mass is 19.4. The zero-order valence-corrected chi connectivity index (χ0v) is 17.6. The molecule has 0 saturated carbocycles. The number of alkyl halides is 3. The molecule has 9 heteroatoms. The molecule has 0 spiro atoms. The highest BCUT2D eigenvalue weighted by Gasteiger charge is 2.55. The number of aliphatic hydroxyl groups excluding tert-OH is 1. The maximum absolute atomic E-state index is 13.3. The zero-order valence-electron chi connectivity index (χ0n) is 17.6. The summed E-state index contributed by atoms with van der Waals surface area (Å²) in [6.45, 7) is 1.34. The van der Waals surface area contributed by atoms with Crippen molar-refractivity contribution in [1.29, 1.82) is 0 Å². The Kier molecular flexibility index (Phi) is 6.13. The maximum atomic E-state index is 13.3. The van der Waals surface area contributed by atoms with Crippen molar-refractivity contribution in [1.82, 2.24) is 14.8 Å². The van der Waals surface area contributed by atoms with E-state index in [-0.39, 0.29) is 37.2 Å². The van der Waals surface area contributed by atoms with Crippen LogP contribution in [0.25, 0.3) is 0 Å². The molecule has 0 aliphatic carbocycles. The van der Waals surface area contributed by atoms with E-state index in [1.54, 1.807) is 16.7 Å². The van der Waals surface area contributed by atoms with Crippen LogP contribution in [0.4, 0.5) is 13.2 Å². The Labute approximate surface area is 183 Å². The monoisotopic (exact) mass is 449 g/mol. The van der Waals surface area contributed by atoms with E-state index in [0.29, 0.717) is 5.69 Å². The topological polar surface area (TPSA) is 74.6 Å². The van der Waals surface area contributed by atoms with Crippen molar-refractivity contribution in [3.8, 4) is 0 Å². The fourth-order valence-electron chi connectivity index (χ4n) is 5.20. The molecule has 32 heavy (non-hydrogen) atoms. The number of likely N-dealkylation sites (tertiary alicyclic amines) is 1. The summed E-state index contributed by atoms with van der Waals surface area (Å²) in [4.78, 5) is 27.2. The van der Waals surface area contributed by atoms with Crippen LogP contribution < -0.4 is 10.9 Å². The normalized spacial score (nSPS) is 25.9. The van der Waals surface area contributed by atoms with E-state index in [0.717, 1.165) is 5.56 Å². The predicted octanol–water partition coefficient (Wildman–Crippen LogP) is 2.64. The Balaban J connectivity index is 1.66. The lowest BCUT2D eigenvalue weighted by Crippen LogP contribution is -2.49. The number of hydrogen-bond donors (Lipinski definition) is 2. The fourth-order valence-corrected chi connectivity index (χ4v) is 5.20. The first-order valence-electron chi connectivity index (χ1n) is 10.7. The number of carbonyl (C=O) groups excluding carboxylic acids is 1. The molecule has 1 fully saturated rings. The van der Waals surface area contributed by atoms with Crippen molar-refractivity contribution < 1.29 is 23.1 Å². The van der Waals surface area contributed by atoms with Crippen molar-refractivity contribution in [3.63, 3.8) is 0 Å². The van der Waals surface area contributed by atoms with Crippen LogP contribution in [0.3, 0.4) is 0 Å². The lowest BCUT2D eigenvalue weighted by molar-refractivity contribution is -0.143. The van der Waals surface area contributed by atoms with Gasteiger partial charge in [-0.05, 0) is 18.6 Å². The van der Waals surface area contributed by atoms with Gasteiger partial charge in [-0.1, -0.05) is 36.4 Å². The summed E-state index contributed by atoms with van der Waals surface area (Å²) in [5, 5.41) is 13.1. The van der Waals surface area contributed by atoms with Gasteiger partial charge in [-0.2, -0.15) is 13.2 Å². The van der Waals surface area contributed by atoms with Crippen LogP contribution in [0.2, 0.25) is 0 Å². The summed E-state index contributed by atoms with van der Waals surface area (Å²) in [7, 11) is 0. The number of hydrogen-bond acceptors (Lipinski definition) is 4. The molecule has 0 bridgehead atoms. The minimum Gasteiger partial charge on any atom is -0.396 e. The Morgan fingerprint density at radius 2 is 1.91 bits per heavy atom. The van der Waals surface area contributed by atoms with Gasteiger partial charge in [0.2, 0.25) is 5.91 Å². The van der Waals surface area contributed by atoms with E-state index in [9.17, 15) is 27.9 Å². The molecule has 2 aliphatic heterocycles. The smallest absolute Gasteiger partial charge is 0.390 e. The second-order valence-corrected chi connectivity index (χ2v) is 8.54. The van der Waals surface area contributed by atoms with Crippen molar-refractivity contribution >= 4 is 5.91 Å². The number of carbonyl (C=O) groups is 1. The molecule has 6 nitrogen and oxygen atoms in total. The van der Waals surface area contributed by atoms with Gasteiger partial charge >= 0.3 is 6.18 Å². The molecule has 2 aliphatic rings. The number of halogens is 3. The average Bonchev–Trinajstić information content (AvgIpc) is 3.27. The first kappa shape index (κ1) is 22.5. The molecular weight excluding hydrogens is 423 g/mol. The maximum Gasteiger partial charge on any atom is 0.390 e. The molecule has 0 radical (unpaired) electrons. The van der Waals surface area contributed by atoms with E-state index in [1.165, 1.54) is 11.0 Å². The van der Waals surface area contributed by atoms with Crippen molar-refractivity contribution in [3.05, 3.63) is 70.1 Å². The molecule has 4 rings (SSSR count). The fraction of sp³-hybridized carbons (Fsp3) is 0.478. The van der Waals surface area contributed by atoms with E-state index in [2.05, 4.69) is 5.32 Å². The van der Waals surface area contributed by atoms with Crippen LogP contribution in [-0.4, -0.2) is 45.9 Å². The highest BCUT2D eigenvalue weighted by Crippen LogP contribution is 2.49. The van der Waals surface area contributed by atoms with Gasteiger partial charge in [-0.15, -0.1) is 0 Å². The summed E-state index contributed by atoms with van der Waals surface area (Å²) in [6.07, 6.45) is -5.47. The largest absolute Gasteiger partial charge is 0.396 e. The van der Waals surface area contributed by atoms with Gasteiger partial charge in [0.05, 0.1) is 24.5 Å². The van der Waals surface area contributed by atoms with Gasteiger partial charge in [0.1, 0.15) is 0 Å². The first-order chi connectivity index (χ1) is 15.2. The third kappa shape index (κ3) is 4.19. The van der Waals surface area contributed by atoms with Gasteiger partial charge in [0.25, 0.3) is 5.56 Å². The van der Waals surface area contributed by atoms with Crippen molar-refractivity contribution in [2.75, 3.05) is 13.2 Å². The number of fused-ring (bicyclic) bond motifs is 3. The minimum atomic E-state index is -4.39. The summed E-state index contributed by atoms with van der Waals surface area (Å²) < 4.78 is 40.9. The van der Waals surface area contributed by atoms with E-state index < -0.39 is 36.5 Å². The zero-order chi connectivity index (χ0) is 23.0. The second kappa shape index (κ2) is 8.71. The van der Waals surface area contributed by atoms with Crippen LogP contribution in [0.5, 0.6) is 0 Å². The van der Waals surface area contributed by atoms with Crippen molar-refractivity contribution in [2.24, 2.45) is 11.8 Å². The molecule has 1 amide bonds. The molecule has 172 valence electrons. The van der Waals surface area contributed by atoms with Gasteiger partial charge in [-0.3, -0.25) is 14.5 Å². The summed E-state index contributed by atoms with van der Waals surface area (Å²) >= 11 is 0. The number of nitrogens with one attached hydrogen (secondary N) is 1. The number of pyridine rings is 1. The molecule has 5 atom stereocenters. The molecule has 0 unspecified atom stereocenters. The second-order valence-electron chi connectivity index (χ2n) is 8.54. The van der Waals surface area contributed by atoms with Gasteiger partial charge < -0.3 is 15.0 Å². The number of aromatic nitrogens is 1. The number of aliphatic hydroxyl groups is 1. The van der Waals surface area contributed by atoms with Gasteiger partial charge in [0.15, 0.2) is 0 Å². The summed E-state index contributed by atoms with van der Waals surface area (Å²) in [5.41, 5.74) is 1.23. The molecule has 1 aromatic heterocycles. The van der Waals surface area contributed by atoms with E-state index in [4.69, 9.17) is 0 Å². The summed E-state index contributed by atoms with van der Waals surface area (Å²) in [6, 6.07) is 12.2. The van der Waals surface area contributed by atoms with Crippen LogP contribution in [0.15, 0.2) is 53.3 Å². The Morgan fingerprint density at radius 3 is 2.56 bits per heavy atom. The molecule has 3 heterocycles. The Morgan fingerprint density at radius 1 is 1.19 bits per heavy atom. The first-order valence-corrected chi connectivity index (χ1v) is 10.7. The van der Waals surface area contributed by atoms with E-state index in [1.807, 2.05) is 37.3 Å². The third-order valence-corrected chi connectivity index (χ3v) is 6.65. The van der Waals surface area contributed by atoms with Crippen LogP contribution in [0.1, 0.15) is 36.7 Å². The SMILES string of the molecule is C[C@H](NC(=O)[C@H]1[C@H](CO)[C@H]2Cn3c(cccc3=O)[C@H]2N1CCC(F)(F)F)c1ccccc1. The van der Waals surface area contributed by atoms with Gasteiger partial charge in [0, 0.05) is 43.3 Å². The number of rotatable bonds is 6. The molecule has 2 N–H and O–H groups in total. The number of benzene rings is 1. The minimum absolute atomic E-state index is 0.233. The number of nitrogens with zero attached hydrogens (tertiary/aromatic N) is 2. The molecular formula is C23H26F3N3O3. The Bertz CT molecular complexity index is 1020. The van der Waals surface area contributed by atoms with Crippen LogP contribution in [0, 0.1) is 11.8 Å². The lowest BCUT2D eigenvalue weighted by Gasteiger charge is -2.32. The number of amides is 1. The predicted molar refractivity (Wildman–Crippen MR) is 112 cm³/mol.